The minimum atomic E-state index is -0.182. The van der Waals surface area contributed by atoms with Crippen LogP contribution in [-0.4, -0.2) is 62.1 Å². The molecule has 0 radical (unpaired) electrons. The number of nitrogens with zero attached hydrogens (tertiary/aromatic N) is 5. The molecule has 0 N–H and O–H groups in total. The fraction of sp³-hybridized carbons (Fsp3) is 0.308. The number of aromatic nitrogens is 2. The van der Waals surface area contributed by atoms with Crippen LogP contribution in [0.1, 0.15) is 24.5 Å². The number of pyridine rings is 1. The maximum Gasteiger partial charge on any atom is 0.267 e. The summed E-state index contributed by atoms with van der Waals surface area (Å²) >= 11 is 6.68. The highest BCUT2D eigenvalue weighted by Crippen LogP contribution is 2.33. The number of hydrogen-bond donors (Lipinski definition) is 0. The van der Waals surface area contributed by atoms with Crippen molar-refractivity contribution in [2.24, 2.45) is 0 Å². The Bertz CT molecular complexity index is 1350. The number of amides is 1. The van der Waals surface area contributed by atoms with Gasteiger partial charge in [0.05, 0.1) is 10.5 Å². The lowest BCUT2D eigenvalue weighted by Gasteiger charge is -2.36. The van der Waals surface area contributed by atoms with Crippen molar-refractivity contribution in [1.29, 1.82) is 0 Å². The first kappa shape index (κ1) is 23.7. The number of thiocarbonyl (C=S) groups is 1. The third-order valence-electron chi connectivity index (χ3n) is 6.27. The molecule has 0 unspecified atom stereocenters. The molecule has 2 fully saturated rings. The fourth-order valence-electron chi connectivity index (χ4n) is 4.47. The topological polar surface area (TPSA) is 61.2 Å². The van der Waals surface area contributed by atoms with E-state index in [2.05, 4.69) is 34.1 Å². The van der Waals surface area contributed by atoms with E-state index in [9.17, 15) is 9.59 Å². The molecule has 180 valence electrons. The standard InChI is InChI=1S/C26H27N5O2S2/c1-2-11-31-25(33)21(35-26(31)34)17-20-23(27-22-10-6-7-12-30(22)24(20)32)29-15-13-28(14-16-29)18-19-8-4-3-5-9-19/h3-10,12,17H,2,11,13-16,18H2,1H3/b21-17-. The molecular formula is C26H27N5O2S2. The van der Waals surface area contributed by atoms with Crippen LogP contribution in [0.3, 0.4) is 0 Å². The number of carbonyl (C=O) groups excluding carboxylic acids is 1. The Kier molecular flexibility index (Phi) is 6.99. The largest absolute Gasteiger partial charge is 0.353 e. The first-order valence-electron chi connectivity index (χ1n) is 11.8. The zero-order valence-electron chi connectivity index (χ0n) is 19.6. The van der Waals surface area contributed by atoms with E-state index in [1.807, 2.05) is 31.2 Å². The van der Waals surface area contributed by atoms with E-state index < -0.39 is 0 Å². The quantitative estimate of drug-likeness (QED) is 0.375. The predicted molar refractivity (Wildman–Crippen MR) is 146 cm³/mol. The lowest BCUT2D eigenvalue weighted by molar-refractivity contribution is -0.122. The van der Waals surface area contributed by atoms with Gasteiger partial charge >= 0.3 is 0 Å². The first-order chi connectivity index (χ1) is 17.0. The van der Waals surface area contributed by atoms with Crippen molar-refractivity contribution in [3.63, 3.8) is 0 Å². The molecule has 0 aliphatic carbocycles. The number of piperazine rings is 1. The third kappa shape index (κ3) is 4.89. The summed E-state index contributed by atoms with van der Waals surface area (Å²) in [6.45, 7) is 6.71. The van der Waals surface area contributed by atoms with Crippen molar-refractivity contribution in [2.75, 3.05) is 37.6 Å². The van der Waals surface area contributed by atoms with Gasteiger partial charge in [0.2, 0.25) is 0 Å². The lowest BCUT2D eigenvalue weighted by Crippen LogP contribution is -2.47. The number of rotatable bonds is 6. The van der Waals surface area contributed by atoms with Crippen molar-refractivity contribution < 1.29 is 4.79 Å². The molecular weight excluding hydrogens is 478 g/mol. The summed E-state index contributed by atoms with van der Waals surface area (Å²) in [5, 5.41) is 0. The lowest BCUT2D eigenvalue weighted by atomic mass is 10.2. The highest BCUT2D eigenvalue weighted by atomic mass is 32.2. The van der Waals surface area contributed by atoms with E-state index in [1.165, 1.54) is 21.7 Å². The van der Waals surface area contributed by atoms with Crippen molar-refractivity contribution in [1.82, 2.24) is 19.2 Å². The SMILES string of the molecule is CCCN1C(=O)/C(=C/c2c(N3CCN(Cc4ccccc4)CC3)nc3ccccn3c2=O)SC1=S. The summed E-state index contributed by atoms with van der Waals surface area (Å²) in [5.74, 6) is 0.486. The van der Waals surface area contributed by atoms with Crippen LogP contribution < -0.4 is 10.5 Å². The molecule has 0 spiro atoms. The number of carbonyl (C=O) groups is 1. The third-order valence-corrected chi connectivity index (χ3v) is 7.64. The maximum absolute atomic E-state index is 13.6. The molecule has 7 nitrogen and oxygen atoms in total. The predicted octanol–water partition coefficient (Wildman–Crippen LogP) is 3.63. The van der Waals surface area contributed by atoms with Gasteiger partial charge in [-0.3, -0.25) is 23.8 Å². The van der Waals surface area contributed by atoms with Crippen LogP contribution in [0.2, 0.25) is 0 Å². The summed E-state index contributed by atoms with van der Waals surface area (Å²) in [6, 6.07) is 16.0. The Labute approximate surface area is 214 Å². The van der Waals surface area contributed by atoms with Crippen molar-refractivity contribution in [3.8, 4) is 0 Å². The van der Waals surface area contributed by atoms with Crippen LogP contribution in [0, 0.1) is 0 Å². The van der Waals surface area contributed by atoms with E-state index in [4.69, 9.17) is 17.2 Å². The Morgan fingerprint density at radius 2 is 1.77 bits per heavy atom. The van der Waals surface area contributed by atoms with E-state index >= 15 is 0 Å². The van der Waals surface area contributed by atoms with Gasteiger partial charge in [0, 0.05) is 45.5 Å². The molecule has 5 rings (SSSR count). The molecule has 1 aromatic carbocycles. The minimum Gasteiger partial charge on any atom is -0.353 e. The van der Waals surface area contributed by atoms with Gasteiger partial charge in [-0.05, 0) is 30.2 Å². The van der Waals surface area contributed by atoms with Crippen molar-refractivity contribution in [2.45, 2.75) is 19.9 Å². The Hall–Kier alpha value is -3.01. The zero-order valence-corrected chi connectivity index (χ0v) is 21.2. The molecule has 0 bridgehead atoms. The summed E-state index contributed by atoms with van der Waals surface area (Å²) < 4.78 is 2.07. The molecule has 9 heteroatoms. The average Bonchev–Trinajstić information content (AvgIpc) is 3.14. The van der Waals surface area contributed by atoms with Gasteiger partial charge in [-0.25, -0.2) is 4.98 Å². The van der Waals surface area contributed by atoms with Gasteiger partial charge in [-0.1, -0.05) is 67.3 Å². The van der Waals surface area contributed by atoms with Crippen LogP contribution >= 0.6 is 24.0 Å². The highest BCUT2D eigenvalue weighted by molar-refractivity contribution is 8.26. The summed E-state index contributed by atoms with van der Waals surface area (Å²) in [5.41, 5.74) is 2.13. The Morgan fingerprint density at radius 1 is 1.03 bits per heavy atom. The van der Waals surface area contributed by atoms with Crippen molar-refractivity contribution >= 4 is 51.7 Å². The second-order valence-electron chi connectivity index (χ2n) is 8.67. The summed E-state index contributed by atoms with van der Waals surface area (Å²) in [7, 11) is 0. The Balaban J connectivity index is 1.47. The van der Waals surface area contributed by atoms with Crippen LogP contribution in [0.25, 0.3) is 11.7 Å². The molecule has 4 heterocycles. The maximum atomic E-state index is 13.6. The van der Waals surface area contributed by atoms with Crippen LogP contribution in [-0.2, 0) is 11.3 Å². The summed E-state index contributed by atoms with van der Waals surface area (Å²) in [6.07, 6.45) is 4.22. The van der Waals surface area contributed by atoms with Crippen LogP contribution in [0.5, 0.6) is 0 Å². The van der Waals surface area contributed by atoms with Gasteiger partial charge in [0.25, 0.3) is 11.5 Å². The zero-order chi connectivity index (χ0) is 24.4. The normalized spacial score (nSPS) is 18.3. The molecule has 3 aromatic rings. The second-order valence-corrected chi connectivity index (χ2v) is 10.3. The first-order valence-corrected chi connectivity index (χ1v) is 13.1. The smallest absolute Gasteiger partial charge is 0.267 e. The van der Waals surface area contributed by atoms with Gasteiger partial charge < -0.3 is 4.90 Å². The van der Waals surface area contributed by atoms with Gasteiger partial charge in [-0.15, -0.1) is 0 Å². The number of hydrogen-bond acceptors (Lipinski definition) is 7. The van der Waals surface area contributed by atoms with Gasteiger partial charge in [-0.2, -0.15) is 0 Å². The van der Waals surface area contributed by atoms with E-state index in [1.54, 1.807) is 17.2 Å². The van der Waals surface area contributed by atoms with Crippen LogP contribution in [0.4, 0.5) is 5.82 Å². The van der Waals surface area contributed by atoms with E-state index in [0.717, 1.165) is 39.1 Å². The molecule has 35 heavy (non-hydrogen) atoms. The molecule has 2 aliphatic rings. The number of fused-ring (bicyclic) bond motifs is 1. The van der Waals surface area contributed by atoms with Crippen LogP contribution in [0.15, 0.2) is 64.4 Å². The van der Waals surface area contributed by atoms with E-state index in [0.29, 0.717) is 32.8 Å². The van der Waals surface area contributed by atoms with Gasteiger partial charge in [0.1, 0.15) is 15.8 Å². The summed E-state index contributed by atoms with van der Waals surface area (Å²) in [4.78, 5) is 38.1. The second kappa shape index (κ2) is 10.3. The minimum absolute atomic E-state index is 0.141. The number of benzene rings is 1. The molecule has 0 saturated carbocycles. The molecule has 2 saturated heterocycles. The molecule has 2 aliphatic heterocycles. The number of thioether (sulfide) groups is 1. The average molecular weight is 506 g/mol. The monoisotopic (exact) mass is 505 g/mol. The molecule has 0 atom stereocenters. The van der Waals surface area contributed by atoms with Crippen molar-refractivity contribution in [3.05, 3.63) is 81.1 Å². The molecule has 1 amide bonds. The Morgan fingerprint density at radius 3 is 2.51 bits per heavy atom. The fourth-order valence-corrected chi connectivity index (χ4v) is 5.76. The van der Waals surface area contributed by atoms with E-state index in [-0.39, 0.29) is 11.5 Å². The number of anilines is 1. The highest BCUT2D eigenvalue weighted by Gasteiger charge is 2.32. The molecule has 2 aromatic heterocycles. The van der Waals surface area contributed by atoms with Gasteiger partial charge in [0.15, 0.2) is 0 Å².